The van der Waals surface area contributed by atoms with Crippen LogP contribution in [0.25, 0.3) is 22.5 Å². The summed E-state index contributed by atoms with van der Waals surface area (Å²) in [7, 11) is 0. The van der Waals surface area contributed by atoms with Crippen molar-refractivity contribution in [1.29, 1.82) is 0 Å². The maximum atomic E-state index is 13.5. The fourth-order valence-electron chi connectivity index (χ4n) is 7.50. The Morgan fingerprint density at radius 1 is 0.691 bits per heavy atom. The molecular weight excluding hydrogens is 683 g/mol. The maximum Gasteiger partial charge on any atom is 0.335 e. The first-order valence-corrected chi connectivity index (χ1v) is 18.7. The van der Waals surface area contributed by atoms with Crippen molar-refractivity contribution < 1.29 is 14.7 Å². The van der Waals surface area contributed by atoms with Crippen molar-refractivity contribution in [2.75, 3.05) is 0 Å². The molecule has 1 amide bonds. The number of hydrogen-bond donors (Lipinski definition) is 2. The monoisotopic (exact) mass is 725 g/mol. The second-order valence-electron chi connectivity index (χ2n) is 13.7. The highest BCUT2D eigenvalue weighted by Crippen LogP contribution is 2.43. The number of nitrogens with zero attached hydrogens (tertiary/aromatic N) is 4. The van der Waals surface area contributed by atoms with E-state index in [0.717, 1.165) is 51.8 Å². The van der Waals surface area contributed by atoms with E-state index in [4.69, 9.17) is 5.21 Å². The van der Waals surface area contributed by atoms with Gasteiger partial charge in [-0.05, 0) is 68.3 Å². The summed E-state index contributed by atoms with van der Waals surface area (Å²) in [6, 6.07) is 54.3. The van der Waals surface area contributed by atoms with Gasteiger partial charge in [0.15, 0.2) is 5.82 Å². The highest BCUT2D eigenvalue weighted by Gasteiger charge is 2.42. The molecule has 0 aliphatic rings. The van der Waals surface area contributed by atoms with E-state index in [1.54, 1.807) is 18.2 Å². The van der Waals surface area contributed by atoms with Crippen LogP contribution in [-0.2, 0) is 23.3 Å². The van der Waals surface area contributed by atoms with Crippen LogP contribution >= 0.6 is 0 Å². The number of hydrogen-bond acceptors (Lipinski definition) is 5. The molecule has 7 aromatic rings. The molecule has 0 saturated heterocycles. The fourth-order valence-corrected chi connectivity index (χ4v) is 7.50. The molecule has 1 atom stereocenters. The average Bonchev–Trinajstić information content (AvgIpc) is 3.73. The lowest BCUT2D eigenvalue weighted by molar-refractivity contribution is -0.125. The number of carbonyl (C=O) groups is 2. The molecule has 8 heteroatoms. The van der Waals surface area contributed by atoms with Gasteiger partial charge in [0.2, 0.25) is 5.91 Å². The fraction of sp³-hybridized carbons (Fsp3) is 0.170. The van der Waals surface area contributed by atoms with Gasteiger partial charge in [0.05, 0.1) is 5.56 Å². The van der Waals surface area contributed by atoms with Gasteiger partial charge < -0.3 is 10.4 Å². The van der Waals surface area contributed by atoms with Crippen molar-refractivity contribution in [3.05, 3.63) is 197 Å². The van der Waals surface area contributed by atoms with Crippen molar-refractivity contribution >= 4 is 11.9 Å². The van der Waals surface area contributed by atoms with Crippen LogP contribution in [-0.4, -0.2) is 37.2 Å². The summed E-state index contributed by atoms with van der Waals surface area (Å²) in [6.45, 7) is 2.45. The van der Waals surface area contributed by atoms with Gasteiger partial charge in [0.1, 0.15) is 5.54 Å². The minimum atomic E-state index is -0.980. The largest absolute Gasteiger partial charge is 0.478 e. The Hall–Kier alpha value is -6.67. The summed E-state index contributed by atoms with van der Waals surface area (Å²) in [5, 5.41) is 26.6. The van der Waals surface area contributed by atoms with Crippen LogP contribution in [0.15, 0.2) is 164 Å². The smallest absolute Gasteiger partial charge is 0.335 e. The second-order valence-corrected chi connectivity index (χ2v) is 13.7. The quantitative estimate of drug-likeness (QED) is 0.102. The SMILES string of the molecule is CCCCC(Cc1ccccc1C(=O)O)C(=O)NCc1ccc(-c2ccccc2-c2nnnn2C(c2ccccc2)(c2ccccc2)c2ccccc2)cc1. The van der Waals surface area contributed by atoms with Crippen LogP contribution in [0.2, 0.25) is 0 Å². The van der Waals surface area contributed by atoms with Crippen molar-refractivity contribution in [2.45, 2.75) is 44.7 Å². The van der Waals surface area contributed by atoms with Gasteiger partial charge in [-0.2, -0.15) is 0 Å². The first-order chi connectivity index (χ1) is 27.0. The Labute approximate surface area is 321 Å². The zero-order valence-corrected chi connectivity index (χ0v) is 30.8. The zero-order valence-electron chi connectivity index (χ0n) is 30.8. The highest BCUT2D eigenvalue weighted by molar-refractivity contribution is 5.90. The number of unbranched alkanes of at least 4 members (excludes halogenated alkanes) is 1. The zero-order chi connectivity index (χ0) is 38.0. The summed E-state index contributed by atoms with van der Waals surface area (Å²) >= 11 is 0. The van der Waals surface area contributed by atoms with Crippen LogP contribution in [0.5, 0.6) is 0 Å². The number of carboxylic acids is 1. The molecule has 0 saturated carbocycles. The number of tetrazole rings is 1. The molecule has 8 nitrogen and oxygen atoms in total. The predicted octanol–water partition coefficient (Wildman–Crippen LogP) is 9.21. The standard InChI is InChI=1S/C47H43N5O3/c1-2-3-17-37(32-36-18-13-14-26-42(36)46(54)55)45(53)48-33-34-28-30-35(31-29-34)41-25-15-16-27-43(41)44-49-50-51-52(44)47(38-19-7-4-8-20-38,39-21-9-5-10-22-39)40-23-11-6-12-24-40/h4-16,18-31,37H,2-3,17,32-33H2,1H3,(H,48,53)(H,54,55). The molecule has 0 radical (unpaired) electrons. The van der Waals surface area contributed by atoms with E-state index in [9.17, 15) is 14.7 Å². The number of benzene rings is 6. The van der Waals surface area contributed by atoms with Gasteiger partial charge in [0.25, 0.3) is 0 Å². The van der Waals surface area contributed by atoms with Gasteiger partial charge in [-0.15, -0.1) is 5.10 Å². The lowest BCUT2D eigenvalue weighted by Crippen LogP contribution is -2.39. The van der Waals surface area contributed by atoms with Gasteiger partial charge in [-0.1, -0.05) is 177 Å². The van der Waals surface area contributed by atoms with Crippen LogP contribution in [0.1, 0.15) is 64.4 Å². The average molecular weight is 726 g/mol. The molecule has 7 rings (SSSR count). The number of aromatic carboxylic acids is 1. The third-order valence-electron chi connectivity index (χ3n) is 10.3. The lowest BCUT2D eigenvalue weighted by Gasteiger charge is -2.36. The van der Waals surface area contributed by atoms with Gasteiger partial charge in [0, 0.05) is 18.0 Å². The third kappa shape index (κ3) is 7.71. The lowest BCUT2D eigenvalue weighted by atomic mass is 9.77. The first-order valence-electron chi connectivity index (χ1n) is 18.7. The molecular formula is C47H43N5O3. The van der Waals surface area contributed by atoms with Gasteiger partial charge >= 0.3 is 5.97 Å². The molecule has 1 unspecified atom stereocenters. The number of amides is 1. The molecule has 6 aromatic carbocycles. The summed E-state index contributed by atoms with van der Waals surface area (Å²) in [5.41, 5.74) is 6.87. The summed E-state index contributed by atoms with van der Waals surface area (Å²) in [5.74, 6) is -0.765. The Bertz CT molecular complexity index is 2250. The van der Waals surface area contributed by atoms with E-state index in [1.165, 1.54) is 0 Å². The van der Waals surface area contributed by atoms with Crippen molar-refractivity contribution in [3.63, 3.8) is 0 Å². The van der Waals surface area contributed by atoms with E-state index < -0.39 is 11.5 Å². The van der Waals surface area contributed by atoms with Crippen molar-refractivity contribution in [1.82, 2.24) is 25.5 Å². The molecule has 0 fully saturated rings. The van der Waals surface area contributed by atoms with E-state index in [-0.39, 0.29) is 17.4 Å². The molecule has 274 valence electrons. The summed E-state index contributed by atoms with van der Waals surface area (Å²) < 4.78 is 1.94. The topological polar surface area (TPSA) is 110 Å². The molecule has 0 spiro atoms. The summed E-state index contributed by atoms with van der Waals surface area (Å²) in [4.78, 5) is 25.4. The predicted molar refractivity (Wildman–Crippen MR) is 215 cm³/mol. The Balaban J connectivity index is 1.19. The van der Waals surface area contributed by atoms with Crippen molar-refractivity contribution in [3.8, 4) is 22.5 Å². The van der Waals surface area contributed by atoms with Gasteiger partial charge in [-0.25, -0.2) is 9.48 Å². The normalized spacial score (nSPS) is 11.9. The molecule has 0 bridgehead atoms. The number of carboxylic acid groups (broad SMARTS) is 1. The van der Waals surface area contributed by atoms with E-state index in [1.807, 2.05) is 89.6 Å². The molecule has 0 aliphatic heterocycles. The van der Waals surface area contributed by atoms with E-state index in [0.29, 0.717) is 30.8 Å². The third-order valence-corrected chi connectivity index (χ3v) is 10.3. The minimum Gasteiger partial charge on any atom is -0.478 e. The molecule has 55 heavy (non-hydrogen) atoms. The Morgan fingerprint density at radius 3 is 1.82 bits per heavy atom. The van der Waals surface area contributed by atoms with Crippen molar-refractivity contribution in [2.24, 2.45) is 5.92 Å². The van der Waals surface area contributed by atoms with Gasteiger partial charge in [-0.3, -0.25) is 4.79 Å². The van der Waals surface area contributed by atoms with Crippen LogP contribution in [0.4, 0.5) is 0 Å². The molecule has 2 N–H and O–H groups in total. The first kappa shape index (κ1) is 36.7. The van der Waals surface area contributed by atoms with Crippen LogP contribution in [0.3, 0.4) is 0 Å². The van der Waals surface area contributed by atoms with E-state index >= 15 is 0 Å². The number of rotatable bonds is 15. The number of nitrogens with one attached hydrogen (secondary N) is 1. The molecule has 0 aliphatic carbocycles. The molecule has 1 heterocycles. The number of aromatic nitrogens is 4. The highest BCUT2D eigenvalue weighted by atomic mass is 16.4. The number of carbonyl (C=O) groups excluding carboxylic acids is 1. The second kappa shape index (κ2) is 17.0. The minimum absolute atomic E-state index is 0.0753. The molecule has 1 aromatic heterocycles. The maximum absolute atomic E-state index is 13.5. The van der Waals surface area contributed by atoms with E-state index in [2.05, 4.69) is 83.2 Å². The summed E-state index contributed by atoms with van der Waals surface area (Å²) in [6.07, 6.45) is 2.90. The Kier molecular flexibility index (Phi) is 11.3. The Morgan fingerprint density at radius 2 is 1.24 bits per heavy atom. The van der Waals surface area contributed by atoms with Crippen LogP contribution < -0.4 is 5.32 Å². The van der Waals surface area contributed by atoms with Crippen LogP contribution in [0, 0.1) is 5.92 Å².